The Morgan fingerprint density at radius 2 is 1.83 bits per heavy atom. The highest BCUT2D eigenvalue weighted by atomic mass is 16.5. The van der Waals surface area contributed by atoms with Crippen LogP contribution in [-0.4, -0.2) is 38.2 Å². The molecule has 0 radical (unpaired) electrons. The van der Waals surface area contributed by atoms with Gasteiger partial charge in [-0.1, -0.05) is 5.16 Å². The van der Waals surface area contributed by atoms with Crippen molar-refractivity contribution in [2.45, 2.75) is 31.6 Å². The third-order valence-corrected chi connectivity index (χ3v) is 4.71. The first-order valence-electron chi connectivity index (χ1n) is 7.93. The van der Waals surface area contributed by atoms with Crippen LogP contribution in [-0.2, 0) is 0 Å². The smallest absolute Gasteiger partial charge is 0.263 e. The number of hydrogen-bond donors (Lipinski definition) is 0. The van der Waals surface area contributed by atoms with Gasteiger partial charge in [-0.25, -0.2) is 15.0 Å². The summed E-state index contributed by atoms with van der Waals surface area (Å²) >= 11 is 0. The van der Waals surface area contributed by atoms with Crippen molar-refractivity contribution < 1.29 is 4.52 Å². The van der Waals surface area contributed by atoms with Gasteiger partial charge in [0.25, 0.3) is 5.71 Å². The number of aromatic nitrogens is 5. The van der Waals surface area contributed by atoms with E-state index in [1.54, 1.807) is 0 Å². The standard InChI is InChI=1S/C16H16N6O/c1-9-13-15(19-8-20-16(13)23-21-9)22-6-12(7-22)14-17-4-11(5-18-14)10-2-3-10/h4-5,8,10,12H,2-3,6-7H2,1H3. The van der Waals surface area contributed by atoms with Gasteiger partial charge in [-0.05, 0) is 31.2 Å². The van der Waals surface area contributed by atoms with Crippen molar-refractivity contribution in [2.24, 2.45) is 0 Å². The molecular formula is C16H16N6O. The van der Waals surface area contributed by atoms with Gasteiger partial charge < -0.3 is 9.42 Å². The molecule has 1 aliphatic carbocycles. The number of nitrogens with zero attached hydrogens (tertiary/aromatic N) is 6. The molecule has 116 valence electrons. The first kappa shape index (κ1) is 12.9. The van der Waals surface area contributed by atoms with Crippen LogP contribution in [0.3, 0.4) is 0 Å². The third-order valence-electron chi connectivity index (χ3n) is 4.71. The lowest BCUT2D eigenvalue weighted by Gasteiger charge is -2.39. The average molecular weight is 308 g/mol. The molecule has 3 aromatic rings. The first-order chi connectivity index (χ1) is 11.3. The highest BCUT2D eigenvalue weighted by Crippen LogP contribution is 2.40. The summed E-state index contributed by atoms with van der Waals surface area (Å²) in [5.41, 5.74) is 2.65. The second-order valence-corrected chi connectivity index (χ2v) is 6.40. The van der Waals surface area contributed by atoms with Crippen LogP contribution in [0.5, 0.6) is 0 Å². The third kappa shape index (κ3) is 2.07. The summed E-state index contributed by atoms with van der Waals surface area (Å²) in [6, 6.07) is 0. The van der Waals surface area contributed by atoms with Crippen LogP contribution in [0.4, 0.5) is 5.82 Å². The molecule has 1 aliphatic heterocycles. The molecule has 1 saturated heterocycles. The van der Waals surface area contributed by atoms with E-state index in [1.807, 2.05) is 19.3 Å². The number of aryl methyl sites for hydroxylation is 1. The molecule has 1 saturated carbocycles. The Hall–Kier alpha value is -2.57. The molecule has 0 bridgehead atoms. The summed E-state index contributed by atoms with van der Waals surface area (Å²) in [5.74, 6) is 2.87. The van der Waals surface area contributed by atoms with Crippen molar-refractivity contribution in [3.05, 3.63) is 35.8 Å². The molecule has 0 atom stereocenters. The summed E-state index contributed by atoms with van der Waals surface area (Å²) in [6.45, 7) is 3.63. The maximum absolute atomic E-state index is 5.21. The normalized spacial score (nSPS) is 18.4. The Kier molecular flexibility index (Phi) is 2.65. The van der Waals surface area contributed by atoms with E-state index in [-0.39, 0.29) is 0 Å². The Balaban J connectivity index is 1.36. The van der Waals surface area contributed by atoms with E-state index in [9.17, 15) is 0 Å². The van der Waals surface area contributed by atoms with E-state index in [0.717, 1.165) is 35.8 Å². The maximum Gasteiger partial charge on any atom is 0.263 e. The topological polar surface area (TPSA) is 80.8 Å². The molecule has 2 fully saturated rings. The van der Waals surface area contributed by atoms with Gasteiger partial charge in [0.15, 0.2) is 0 Å². The second-order valence-electron chi connectivity index (χ2n) is 6.40. The zero-order valence-electron chi connectivity index (χ0n) is 12.8. The lowest BCUT2D eigenvalue weighted by molar-refractivity contribution is 0.442. The van der Waals surface area contributed by atoms with Crippen molar-refractivity contribution in [1.29, 1.82) is 0 Å². The van der Waals surface area contributed by atoms with E-state index >= 15 is 0 Å². The van der Waals surface area contributed by atoms with E-state index in [4.69, 9.17) is 4.52 Å². The Bertz CT molecular complexity index is 864. The number of anilines is 1. The van der Waals surface area contributed by atoms with Crippen LogP contribution < -0.4 is 4.90 Å². The minimum absolute atomic E-state index is 0.355. The Labute approximate surface area is 132 Å². The van der Waals surface area contributed by atoms with E-state index in [2.05, 4.69) is 30.0 Å². The fourth-order valence-corrected chi connectivity index (χ4v) is 3.14. The molecule has 0 aromatic carbocycles. The van der Waals surface area contributed by atoms with Gasteiger partial charge in [-0.15, -0.1) is 0 Å². The van der Waals surface area contributed by atoms with Gasteiger partial charge in [0.05, 0.1) is 11.6 Å². The summed E-state index contributed by atoms with van der Waals surface area (Å²) in [5, 5.41) is 4.88. The number of hydrogen-bond acceptors (Lipinski definition) is 7. The molecule has 0 unspecified atom stereocenters. The van der Waals surface area contributed by atoms with Crippen molar-refractivity contribution in [3.63, 3.8) is 0 Å². The zero-order chi connectivity index (χ0) is 15.4. The van der Waals surface area contributed by atoms with Crippen molar-refractivity contribution >= 4 is 16.9 Å². The summed E-state index contributed by atoms with van der Waals surface area (Å²) in [4.78, 5) is 19.9. The fourth-order valence-electron chi connectivity index (χ4n) is 3.14. The molecule has 2 aliphatic rings. The van der Waals surface area contributed by atoms with Crippen LogP contribution in [0.2, 0.25) is 0 Å². The lowest BCUT2D eigenvalue weighted by Crippen LogP contribution is -2.46. The van der Waals surface area contributed by atoms with Crippen LogP contribution >= 0.6 is 0 Å². The van der Waals surface area contributed by atoms with Gasteiger partial charge >= 0.3 is 0 Å². The maximum atomic E-state index is 5.21. The molecule has 7 nitrogen and oxygen atoms in total. The predicted molar refractivity (Wildman–Crippen MR) is 83.3 cm³/mol. The molecule has 7 heteroatoms. The van der Waals surface area contributed by atoms with E-state index < -0.39 is 0 Å². The number of rotatable bonds is 3. The van der Waals surface area contributed by atoms with Crippen LogP contribution in [0.1, 0.15) is 41.8 Å². The van der Waals surface area contributed by atoms with Gasteiger partial charge in [0.1, 0.15) is 23.4 Å². The SMILES string of the molecule is Cc1noc2ncnc(N3CC(c4ncc(C5CC5)cn4)C3)c12. The Morgan fingerprint density at radius 3 is 2.57 bits per heavy atom. The minimum atomic E-state index is 0.355. The molecule has 4 heterocycles. The molecule has 0 spiro atoms. The lowest BCUT2D eigenvalue weighted by atomic mass is 9.98. The van der Waals surface area contributed by atoms with Gasteiger partial charge in [0.2, 0.25) is 0 Å². The fraction of sp³-hybridized carbons (Fsp3) is 0.438. The van der Waals surface area contributed by atoms with Gasteiger partial charge in [-0.3, -0.25) is 0 Å². The molecule has 5 rings (SSSR count). The van der Waals surface area contributed by atoms with Crippen LogP contribution in [0.25, 0.3) is 11.1 Å². The van der Waals surface area contributed by atoms with E-state index in [0.29, 0.717) is 17.5 Å². The minimum Gasteiger partial charge on any atom is -0.354 e. The van der Waals surface area contributed by atoms with E-state index in [1.165, 1.54) is 24.7 Å². The van der Waals surface area contributed by atoms with Crippen molar-refractivity contribution in [2.75, 3.05) is 18.0 Å². The van der Waals surface area contributed by atoms with Crippen molar-refractivity contribution in [3.8, 4) is 0 Å². The monoisotopic (exact) mass is 308 g/mol. The zero-order valence-corrected chi connectivity index (χ0v) is 12.8. The average Bonchev–Trinajstić information content (AvgIpc) is 3.31. The second kappa shape index (κ2) is 4.71. The largest absolute Gasteiger partial charge is 0.354 e. The molecule has 23 heavy (non-hydrogen) atoms. The highest BCUT2D eigenvalue weighted by Gasteiger charge is 2.33. The van der Waals surface area contributed by atoms with Crippen LogP contribution in [0, 0.1) is 6.92 Å². The molecule has 0 amide bonds. The molecule has 3 aromatic heterocycles. The van der Waals surface area contributed by atoms with Gasteiger partial charge in [0, 0.05) is 25.5 Å². The van der Waals surface area contributed by atoms with Crippen LogP contribution in [0.15, 0.2) is 23.2 Å². The Morgan fingerprint density at radius 1 is 1.04 bits per heavy atom. The summed E-state index contributed by atoms with van der Waals surface area (Å²) in [6.07, 6.45) is 8.07. The highest BCUT2D eigenvalue weighted by molar-refractivity contribution is 5.88. The molecule has 0 N–H and O–H groups in total. The quantitative estimate of drug-likeness (QED) is 0.733. The van der Waals surface area contributed by atoms with Crippen molar-refractivity contribution in [1.82, 2.24) is 25.1 Å². The first-order valence-corrected chi connectivity index (χ1v) is 7.93. The number of fused-ring (bicyclic) bond motifs is 1. The van der Waals surface area contributed by atoms with Gasteiger partial charge in [-0.2, -0.15) is 4.98 Å². The summed E-state index contributed by atoms with van der Waals surface area (Å²) < 4.78 is 5.21. The predicted octanol–water partition coefficient (Wildman–Crippen LogP) is 2.20. The molecular weight excluding hydrogens is 292 g/mol. The summed E-state index contributed by atoms with van der Waals surface area (Å²) in [7, 11) is 0.